The molecule has 1 aromatic rings. The topological polar surface area (TPSA) is 32.8 Å². The van der Waals surface area contributed by atoms with Crippen LogP contribution in [0.15, 0.2) is 18.2 Å². The maximum Gasteiger partial charge on any atom is 0.159 e. The molecule has 0 atom stereocenters. The van der Waals surface area contributed by atoms with Crippen LogP contribution in [0.25, 0.3) is 0 Å². The first kappa shape index (κ1) is 16.5. The SMILES string of the molecule is CCc1ccc(C(C)=O)cc1N1CCC(N2CCOCC2)CC1. The van der Waals surface area contributed by atoms with Crippen LogP contribution in [0.2, 0.25) is 0 Å². The fraction of sp³-hybridized carbons (Fsp3) is 0.632. The van der Waals surface area contributed by atoms with Crippen molar-refractivity contribution < 1.29 is 9.53 Å². The molecular formula is C19H28N2O2. The number of carbonyl (C=O) groups is 1. The third-order valence-corrected chi connectivity index (χ3v) is 5.24. The van der Waals surface area contributed by atoms with Crippen LogP contribution in [-0.4, -0.2) is 56.1 Å². The molecule has 0 saturated carbocycles. The van der Waals surface area contributed by atoms with Crippen LogP contribution >= 0.6 is 0 Å². The van der Waals surface area contributed by atoms with Crippen molar-refractivity contribution in [3.05, 3.63) is 29.3 Å². The minimum absolute atomic E-state index is 0.150. The fourth-order valence-electron chi connectivity index (χ4n) is 3.79. The number of morpholine rings is 1. The van der Waals surface area contributed by atoms with Gasteiger partial charge in [0.05, 0.1) is 13.2 Å². The van der Waals surface area contributed by atoms with Gasteiger partial charge in [0.15, 0.2) is 5.78 Å². The van der Waals surface area contributed by atoms with Crippen LogP contribution in [0.1, 0.15) is 42.6 Å². The van der Waals surface area contributed by atoms with Crippen molar-refractivity contribution in [3.63, 3.8) is 0 Å². The number of aryl methyl sites for hydroxylation is 1. The normalized spacial score (nSPS) is 20.7. The van der Waals surface area contributed by atoms with Crippen molar-refractivity contribution in [3.8, 4) is 0 Å². The Balaban J connectivity index is 1.69. The highest BCUT2D eigenvalue weighted by molar-refractivity contribution is 5.95. The van der Waals surface area contributed by atoms with Crippen LogP contribution < -0.4 is 4.90 Å². The molecule has 0 aliphatic carbocycles. The Hall–Kier alpha value is -1.39. The van der Waals surface area contributed by atoms with E-state index in [1.54, 1.807) is 6.92 Å². The van der Waals surface area contributed by atoms with E-state index in [1.807, 2.05) is 6.07 Å². The van der Waals surface area contributed by atoms with Crippen LogP contribution in [-0.2, 0) is 11.2 Å². The first-order valence-electron chi connectivity index (χ1n) is 8.89. The van der Waals surface area contributed by atoms with E-state index in [-0.39, 0.29) is 5.78 Å². The van der Waals surface area contributed by atoms with E-state index in [1.165, 1.54) is 24.1 Å². The first-order valence-corrected chi connectivity index (χ1v) is 8.89. The molecule has 2 aliphatic rings. The number of rotatable bonds is 4. The number of carbonyl (C=O) groups excluding carboxylic acids is 1. The maximum atomic E-state index is 11.7. The van der Waals surface area contributed by atoms with Gasteiger partial charge in [0.25, 0.3) is 0 Å². The highest BCUT2D eigenvalue weighted by Crippen LogP contribution is 2.28. The Bertz CT molecular complexity index is 544. The first-order chi connectivity index (χ1) is 11.2. The Morgan fingerprint density at radius 1 is 1.17 bits per heavy atom. The monoisotopic (exact) mass is 316 g/mol. The lowest BCUT2D eigenvalue weighted by Gasteiger charge is -2.41. The Morgan fingerprint density at radius 2 is 1.87 bits per heavy atom. The van der Waals surface area contributed by atoms with Gasteiger partial charge in [0, 0.05) is 43.5 Å². The van der Waals surface area contributed by atoms with E-state index >= 15 is 0 Å². The second-order valence-electron chi connectivity index (χ2n) is 6.62. The summed E-state index contributed by atoms with van der Waals surface area (Å²) < 4.78 is 5.46. The minimum Gasteiger partial charge on any atom is -0.379 e. The molecule has 126 valence electrons. The summed E-state index contributed by atoms with van der Waals surface area (Å²) in [5.74, 6) is 0.150. The highest BCUT2D eigenvalue weighted by Gasteiger charge is 2.26. The second-order valence-corrected chi connectivity index (χ2v) is 6.62. The summed E-state index contributed by atoms with van der Waals surface area (Å²) in [4.78, 5) is 16.8. The summed E-state index contributed by atoms with van der Waals surface area (Å²) in [6.07, 6.45) is 3.41. The number of ketones is 1. The quantitative estimate of drug-likeness (QED) is 0.800. The largest absolute Gasteiger partial charge is 0.379 e. The molecule has 3 rings (SSSR count). The molecule has 2 aliphatic heterocycles. The number of benzene rings is 1. The van der Waals surface area contributed by atoms with Gasteiger partial charge < -0.3 is 9.64 Å². The van der Waals surface area contributed by atoms with Crippen LogP contribution in [0.3, 0.4) is 0 Å². The van der Waals surface area contributed by atoms with Gasteiger partial charge in [-0.25, -0.2) is 0 Å². The summed E-state index contributed by atoms with van der Waals surface area (Å²) in [6, 6.07) is 6.87. The molecule has 0 amide bonds. The smallest absolute Gasteiger partial charge is 0.159 e. The van der Waals surface area contributed by atoms with E-state index in [9.17, 15) is 4.79 Å². The third kappa shape index (κ3) is 3.75. The molecule has 23 heavy (non-hydrogen) atoms. The van der Waals surface area contributed by atoms with Crippen molar-refractivity contribution in [2.75, 3.05) is 44.3 Å². The molecular weight excluding hydrogens is 288 g/mol. The van der Waals surface area contributed by atoms with Gasteiger partial charge in [-0.15, -0.1) is 0 Å². The summed E-state index contributed by atoms with van der Waals surface area (Å²) in [5, 5.41) is 0. The molecule has 0 spiro atoms. The third-order valence-electron chi connectivity index (χ3n) is 5.24. The molecule has 4 heteroatoms. The average molecular weight is 316 g/mol. The van der Waals surface area contributed by atoms with E-state index in [0.29, 0.717) is 6.04 Å². The predicted molar refractivity (Wildman–Crippen MR) is 93.5 cm³/mol. The molecule has 0 aromatic heterocycles. The Morgan fingerprint density at radius 3 is 2.48 bits per heavy atom. The number of ether oxygens (including phenoxy) is 1. The zero-order valence-corrected chi connectivity index (χ0v) is 14.4. The van der Waals surface area contributed by atoms with Crippen molar-refractivity contribution in [1.82, 2.24) is 4.90 Å². The summed E-state index contributed by atoms with van der Waals surface area (Å²) >= 11 is 0. The summed E-state index contributed by atoms with van der Waals surface area (Å²) in [5.41, 5.74) is 3.44. The second kappa shape index (κ2) is 7.45. The maximum absolute atomic E-state index is 11.7. The number of piperidine rings is 1. The number of hydrogen-bond donors (Lipinski definition) is 0. The molecule has 1 aromatic carbocycles. The Labute approximate surface area is 139 Å². The van der Waals surface area contributed by atoms with Crippen molar-refractivity contribution in [2.45, 2.75) is 39.2 Å². The molecule has 2 fully saturated rings. The highest BCUT2D eigenvalue weighted by atomic mass is 16.5. The lowest BCUT2D eigenvalue weighted by molar-refractivity contribution is 0.0115. The van der Waals surface area contributed by atoms with Gasteiger partial charge in [-0.1, -0.05) is 19.1 Å². The molecule has 0 unspecified atom stereocenters. The van der Waals surface area contributed by atoms with Gasteiger partial charge in [0.1, 0.15) is 0 Å². The molecule has 2 saturated heterocycles. The number of anilines is 1. The fourth-order valence-corrected chi connectivity index (χ4v) is 3.79. The van der Waals surface area contributed by atoms with Gasteiger partial charge in [-0.05, 0) is 37.8 Å². The molecule has 0 bridgehead atoms. The van der Waals surface area contributed by atoms with Crippen molar-refractivity contribution in [2.24, 2.45) is 0 Å². The summed E-state index contributed by atoms with van der Waals surface area (Å²) in [7, 11) is 0. The molecule has 0 radical (unpaired) electrons. The van der Waals surface area contributed by atoms with Crippen LogP contribution in [0, 0.1) is 0 Å². The van der Waals surface area contributed by atoms with E-state index in [2.05, 4.69) is 28.9 Å². The van der Waals surface area contributed by atoms with Crippen molar-refractivity contribution >= 4 is 11.5 Å². The number of Topliss-reactive ketones (excluding diaryl/α,β-unsaturated/α-hetero) is 1. The molecule has 0 N–H and O–H groups in total. The van der Waals surface area contributed by atoms with E-state index in [4.69, 9.17) is 4.74 Å². The molecule has 2 heterocycles. The van der Waals surface area contributed by atoms with Crippen LogP contribution in [0.5, 0.6) is 0 Å². The number of hydrogen-bond acceptors (Lipinski definition) is 4. The summed E-state index contributed by atoms with van der Waals surface area (Å²) in [6.45, 7) is 9.89. The lowest BCUT2D eigenvalue weighted by Crippen LogP contribution is -2.49. The zero-order chi connectivity index (χ0) is 16.2. The van der Waals surface area contributed by atoms with Gasteiger partial charge >= 0.3 is 0 Å². The zero-order valence-electron chi connectivity index (χ0n) is 14.4. The van der Waals surface area contributed by atoms with Crippen LogP contribution in [0.4, 0.5) is 5.69 Å². The Kier molecular flexibility index (Phi) is 5.34. The van der Waals surface area contributed by atoms with Gasteiger partial charge in [-0.2, -0.15) is 0 Å². The average Bonchev–Trinajstić information content (AvgIpc) is 2.62. The minimum atomic E-state index is 0.150. The van der Waals surface area contributed by atoms with Gasteiger partial charge in [0.2, 0.25) is 0 Å². The van der Waals surface area contributed by atoms with E-state index < -0.39 is 0 Å². The number of nitrogens with zero attached hydrogens (tertiary/aromatic N) is 2. The van der Waals surface area contributed by atoms with Gasteiger partial charge in [-0.3, -0.25) is 9.69 Å². The lowest BCUT2D eigenvalue weighted by atomic mass is 9.99. The standard InChI is InChI=1S/C19H28N2O2/c1-3-16-4-5-17(15(2)22)14-19(16)21-8-6-18(7-9-21)20-10-12-23-13-11-20/h4-5,14,18H,3,6-13H2,1-2H3. The molecule has 4 nitrogen and oxygen atoms in total. The van der Waals surface area contributed by atoms with Crippen molar-refractivity contribution in [1.29, 1.82) is 0 Å². The predicted octanol–water partition coefficient (Wildman–Crippen LogP) is 2.75. The van der Waals surface area contributed by atoms with E-state index in [0.717, 1.165) is 51.4 Å².